The third-order valence-corrected chi connectivity index (χ3v) is 3.07. The fraction of sp³-hybridized carbons (Fsp3) is 0.312. The van der Waals surface area contributed by atoms with Gasteiger partial charge in [0.15, 0.2) is 0 Å². The van der Waals surface area contributed by atoms with Crippen molar-refractivity contribution >= 4 is 11.5 Å². The summed E-state index contributed by atoms with van der Waals surface area (Å²) in [7, 11) is 3.93. The highest BCUT2D eigenvalue weighted by Gasteiger charge is 2.05. The number of nitrogens with one attached hydrogen (secondary N) is 1. The van der Waals surface area contributed by atoms with Gasteiger partial charge in [-0.1, -0.05) is 12.1 Å². The molecular weight excluding hydrogens is 253 g/mol. The summed E-state index contributed by atoms with van der Waals surface area (Å²) in [5, 5.41) is 3.40. The first kappa shape index (κ1) is 14.3. The minimum absolute atomic E-state index is 0.196. The Hall–Kier alpha value is -2.10. The lowest BCUT2D eigenvalue weighted by molar-refractivity contribution is 0.626. The van der Waals surface area contributed by atoms with Gasteiger partial charge in [0.05, 0.1) is 11.9 Å². The summed E-state index contributed by atoms with van der Waals surface area (Å²) in [5.74, 6) is 0.736. The van der Waals surface area contributed by atoms with Crippen LogP contribution in [0.4, 0.5) is 15.9 Å². The molecule has 1 atom stereocenters. The van der Waals surface area contributed by atoms with Gasteiger partial charge >= 0.3 is 0 Å². The Bertz CT molecular complexity index is 535. The van der Waals surface area contributed by atoms with E-state index < -0.39 is 0 Å². The molecule has 0 aliphatic rings. The van der Waals surface area contributed by atoms with E-state index in [1.807, 2.05) is 49.5 Å². The fourth-order valence-electron chi connectivity index (χ4n) is 2.05. The summed E-state index contributed by atoms with van der Waals surface area (Å²) in [4.78, 5) is 6.33. The second-order valence-electron chi connectivity index (χ2n) is 5.18. The van der Waals surface area contributed by atoms with E-state index in [1.165, 1.54) is 12.1 Å². The molecule has 20 heavy (non-hydrogen) atoms. The van der Waals surface area contributed by atoms with Gasteiger partial charge in [0.25, 0.3) is 0 Å². The zero-order valence-electron chi connectivity index (χ0n) is 12.1. The third-order valence-electron chi connectivity index (χ3n) is 3.07. The fourth-order valence-corrected chi connectivity index (χ4v) is 2.05. The van der Waals surface area contributed by atoms with Crippen LogP contribution in [0.2, 0.25) is 0 Å². The molecule has 0 aliphatic heterocycles. The molecule has 0 saturated heterocycles. The largest absolute Gasteiger partial charge is 0.381 e. The number of pyridine rings is 1. The summed E-state index contributed by atoms with van der Waals surface area (Å²) in [6, 6.07) is 10.9. The van der Waals surface area contributed by atoms with E-state index >= 15 is 0 Å². The standard InChI is InChI=1S/C16H20FN3/c1-12(10-13-4-6-14(17)7-5-13)19-15-8-9-16(18-11-15)20(2)3/h4-9,11-12,19H,10H2,1-3H3. The molecule has 1 aromatic carbocycles. The van der Waals surface area contributed by atoms with Crippen molar-refractivity contribution in [2.24, 2.45) is 0 Å². The summed E-state index contributed by atoms with van der Waals surface area (Å²) in [6.45, 7) is 2.10. The van der Waals surface area contributed by atoms with Gasteiger partial charge in [-0.2, -0.15) is 0 Å². The van der Waals surface area contributed by atoms with Crippen molar-refractivity contribution in [3.05, 3.63) is 54.0 Å². The molecule has 0 aliphatic carbocycles. The Labute approximate surface area is 119 Å². The van der Waals surface area contributed by atoms with Crippen LogP contribution in [0.1, 0.15) is 12.5 Å². The number of rotatable bonds is 5. The average molecular weight is 273 g/mol. The van der Waals surface area contributed by atoms with E-state index in [2.05, 4.69) is 17.2 Å². The predicted octanol–water partition coefficient (Wildman–Crippen LogP) is 3.33. The monoisotopic (exact) mass is 273 g/mol. The second-order valence-corrected chi connectivity index (χ2v) is 5.18. The lowest BCUT2D eigenvalue weighted by atomic mass is 10.1. The summed E-state index contributed by atoms with van der Waals surface area (Å²) in [6.07, 6.45) is 2.67. The van der Waals surface area contributed by atoms with Crippen LogP contribution < -0.4 is 10.2 Å². The highest BCUT2D eigenvalue weighted by Crippen LogP contribution is 2.14. The quantitative estimate of drug-likeness (QED) is 0.905. The highest BCUT2D eigenvalue weighted by molar-refractivity contribution is 5.48. The average Bonchev–Trinajstić information content (AvgIpc) is 2.42. The van der Waals surface area contributed by atoms with Crippen LogP contribution in [0.15, 0.2) is 42.6 Å². The van der Waals surface area contributed by atoms with Gasteiger partial charge in [-0.05, 0) is 43.2 Å². The molecule has 1 unspecified atom stereocenters. The van der Waals surface area contributed by atoms with Gasteiger partial charge in [-0.3, -0.25) is 0 Å². The van der Waals surface area contributed by atoms with Crippen LogP contribution in [0.25, 0.3) is 0 Å². The molecule has 0 radical (unpaired) electrons. The third kappa shape index (κ3) is 3.95. The van der Waals surface area contributed by atoms with Crippen molar-refractivity contribution < 1.29 is 4.39 Å². The van der Waals surface area contributed by atoms with Crippen LogP contribution in [-0.4, -0.2) is 25.1 Å². The minimum Gasteiger partial charge on any atom is -0.381 e. The number of hydrogen-bond donors (Lipinski definition) is 1. The first-order chi connectivity index (χ1) is 9.54. The highest BCUT2D eigenvalue weighted by atomic mass is 19.1. The van der Waals surface area contributed by atoms with Gasteiger partial charge in [0, 0.05) is 20.1 Å². The Kier molecular flexibility index (Phi) is 4.56. The summed E-state index contributed by atoms with van der Waals surface area (Å²) >= 11 is 0. The van der Waals surface area contributed by atoms with Crippen molar-refractivity contribution in [3.8, 4) is 0 Å². The Morgan fingerprint density at radius 2 is 1.85 bits per heavy atom. The van der Waals surface area contributed by atoms with E-state index in [-0.39, 0.29) is 11.9 Å². The lowest BCUT2D eigenvalue weighted by Gasteiger charge is -2.16. The molecule has 2 aromatic rings. The molecule has 4 heteroatoms. The van der Waals surface area contributed by atoms with Crippen molar-refractivity contribution in [2.75, 3.05) is 24.3 Å². The van der Waals surface area contributed by atoms with Crippen molar-refractivity contribution in [1.82, 2.24) is 4.98 Å². The van der Waals surface area contributed by atoms with Gasteiger partial charge < -0.3 is 10.2 Å². The van der Waals surface area contributed by atoms with E-state index in [0.29, 0.717) is 0 Å². The Morgan fingerprint density at radius 3 is 2.40 bits per heavy atom. The van der Waals surface area contributed by atoms with E-state index in [9.17, 15) is 4.39 Å². The van der Waals surface area contributed by atoms with Crippen molar-refractivity contribution in [2.45, 2.75) is 19.4 Å². The molecule has 106 valence electrons. The molecule has 1 N–H and O–H groups in total. The zero-order valence-corrected chi connectivity index (χ0v) is 12.1. The smallest absolute Gasteiger partial charge is 0.128 e. The topological polar surface area (TPSA) is 28.2 Å². The van der Waals surface area contributed by atoms with Crippen LogP contribution >= 0.6 is 0 Å². The van der Waals surface area contributed by atoms with E-state index in [0.717, 1.165) is 23.5 Å². The normalized spacial score (nSPS) is 12.0. The second kappa shape index (κ2) is 6.37. The molecule has 0 saturated carbocycles. The maximum atomic E-state index is 12.8. The summed E-state index contributed by atoms with van der Waals surface area (Å²) < 4.78 is 12.8. The number of nitrogens with zero attached hydrogens (tertiary/aromatic N) is 2. The molecule has 0 bridgehead atoms. The van der Waals surface area contributed by atoms with E-state index in [1.54, 1.807) is 0 Å². The number of benzene rings is 1. The summed E-state index contributed by atoms with van der Waals surface area (Å²) in [5.41, 5.74) is 2.11. The molecule has 1 aromatic heterocycles. The maximum Gasteiger partial charge on any atom is 0.128 e. The SMILES string of the molecule is CC(Cc1ccc(F)cc1)Nc1ccc(N(C)C)nc1. The van der Waals surface area contributed by atoms with Crippen LogP contribution in [0.3, 0.4) is 0 Å². The van der Waals surface area contributed by atoms with Crippen LogP contribution in [0, 0.1) is 5.82 Å². The Morgan fingerprint density at radius 1 is 1.15 bits per heavy atom. The number of anilines is 2. The molecule has 0 spiro atoms. The molecule has 3 nitrogen and oxygen atoms in total. The van der Waals surface area contributed by atoms with E-state index in [4.69, 9.17) is 0 Å². The van der Waals surface area contributed by atoms with Crippen LogP contribution in [0.5, 0.6) is 0 Å². The Balaban J connectivity index is 1.93. The number of hydrogen-bond acceptors (Lipinski definition) is 3. The number of aromatic nitrogens is 1. The predicted molar refractivity (Wildman–Crippen MR) is 81.8 cm³/mol. The van der Waals surface area contributed by atoms with Gasteiger partial charge in [0.2, 0.25) is 0 Å². The first-order valence-corrected chi connectivity index (χ1v) is 6.69. The molecule has 0 amide bonds. The molecule has 0 fully saturated rings. The molecule has 1 heterocycles. The maximum absolute atomic E-state index is 12.8. The van der Waals surface area contributed by atoms with Gasteiger partial charge in [-0.15, -0.1) is 0 Å². The molecule has 2 rings (SSSR count). The zero-order chi connectivity index (χ0) is 14.5. The lowest BCUT2D eigenvalue weighted by Crippen LogP contribution is -2.18. The van der Waals surface area contributed by atoms with Crippen molar-refractivity contribution in [3.63, 3.8) is 0 Å². The molecular formula is C16H20FN3. The first-order valence-electron chi connectivity index (χ1n) is 6.69. The van der Waals surface area contributed by atoms with Gasteiger partial charge in [-0.25, -0.2) is 9.37 Å². The number of halogens is 1. The van der Waals surface area contributed by atoms with Crippen LogP contribution in [-0.2, 0) is 6.42 Å². The van der Waals surface area contributed by atoms with Gasteiger partial charge in [0.1, 0.15) is 11.6 Å². The van der Waals surface area contributed by atoms with Crippen molar-refractivity contribution in [1.29, 1.82) is 0 Å². The minimum atomic E-state index is -0.196.